The fraction of sp³-hybridized carbons (Fsp3) is 0.192. The molecule has 8 aromatic rings. The topological polar surface area (TPSA) is 115 Å². The number of aliphatic hydroxyl groups excluding tert-OH is 4. The summed E-state index contributed by atoms with van der Waals surface area (Å²) in [6.45, 7) is 0. The molecule has 0 aliphatic rings. The first kappa shape index (κ1) is 63.1. The Bertz CT molecular complexity index is 2830. The van der Waals surface area contributed by atoms with Gasteiger partial charge in [-0.2, -0.15) is 52.7 Å². The molecular formula is C52H42F12O6P2Tb2. The Morgan fingerprint density at radius 2 is 0.500 bits per heavy atom. The van der Waals surface area contributed by atoms with E-state index in [0.717, 1.165) is 64.1 Å². The van der Waals surface area contributed by atoms with Crippen molar-refractivity contribution in [3.63, 3.8) is 0 Å². The monoisotopic (exact) mass is 1370 g/mol. The van der Waals surface area contributed by atoms with Gasteiger partial charge in [0, 0.05) is 122 Å². The first-order valence-corrected chi connectivity index (χ1v) is 24.9. The number of halogens is 12. The van der Waals surface area contributed by atoms with Crippen LogP contribution >= 0.6 is 14.3 Å². The van der Waals surface area contributed by atoms with E-state index < -0.39 is 76.2 Å². The minimum absolute atomic E-state index is 0. The van der Waals surface area contributed by atoms with Gasteiger partial charge in [-0.3, -0.25) is 0 Å². The number of hydrogen-bond acceptors (Lipinski definition) is 6. The van der Waals surface area contributed by atoms with Gasteiger partial charge in [-0.05, 0) is 44.5 Å². The molecule has 22 heteroatoms. The van der Waals surface area contributed by atoms with Crippen LogP contribution in [0.1, 0.15) is 12.8 Å². The van der Waals surface area contributed by atoms with Gasteiger partial charge in [-0.1, -0.05) is 170 Å². The maximum atomic E-state index is 15.3. The van der Waals surface area contributed by atoms with Crippen molar-refractivity contribution in [3.8, 4) is 0 Å². The number of rotatable bonds is 10. The van der Waals surface area contributed by atoms with Crippen molar-refractivity contribution in [1.29, 1.82) is 0 Å². The second-order valence-electron chi connectivity index (χ2n) is 16.3. The molecule has 74 heavy (non-hydrogen) atoms. The fourth-order valence-corrected chi connectivity index (χ4v) is 13.1. The molecule has 0 saturated heterocycles. The molecule has 0 spiro atoms. The van der Waals surface area contributed by atoms with Crippen molar-refractivity contribution in [2.45, 2.75) is 62.0 Å². The van der Waals surface area contributed by atoms with Gasteiger partial charge < -0.3 is 29.6 Å². The van der Waals surface area contributed by atoms with Crippen LogP contribution in [0.15, 0.2) is 182 Å². The molecule has 6 nitrogen and oxygen atoms in total. The summed E-state index contributed by atoms with van der Waals surface area (Å²) in [6, 6.07) is 60.2. The van der Waals surface area contributed by atoms with E-state index in [4.69, 9.17) is 20.4 Å². The minimum atomic E-state index is -5.15. The van der Waals surface area contributed by atoms with E-state index in [1.54, 1.807) is 0 Å². The second-order valence-corrected chi connectivity index (χ2v) is 21.8. The zero-order chi connectivity index (χ0) is 52.9. The Balaban J connectivity index is 0.000000352. The number of benzene rings is 8. The SMILES string of the molecule is O=P(c1ccccc1)(c1ccccc1)c1ccc2c3ccc(P(=O)(c4ccccc4)c4ccccc4)cc3c3ccccc3c2c1.OC(CC(O)C(F)(F)F)C(F)(F)F.OC(CC(O)C(F)(F)F)C(F)(F)F.[Tb].[Tb]. The number of aliphatic hydroxyl groups is 4. The normalized spacial score (nSPS) is 14.0. The predicted octanol–water partition coefficient (Wildman–Crippen LogP) is 10.9. The quantitative estimate of drug-likeness (QED) is 0.0616. The zero-order valence-electron chi connectivity index (χ0n) is 37.7. The maximum Gasteiger partial charge on any atom is 0.414 e. The molecule has 0 amide bonds. The van der Waals surface area contributed by atoms with Gasteiger partial charge in [0.2, 0.25) is 0 Å². The molecule has 0 fully saturated rings. The van der Waals surface area contributed by atoms with Crippen LogP contribution in [0.3, 0.4) is 0 Å². The van der Waals surface area contributed by atoms with Crippen molar-refractivity contribution >= 4 is 78.4 Å². The van der Waals surface area contributed by atoms with E-state index >= 15 is 9.13 Å². The third kappa shape index (κ3) is 14.8. The third-order valence-electron chi connectivity index (χ3n) is 11.4. The molecular weight excluding hydrogens is 1330 g/mol. The summed E-state index contributed by atoms with van der Waals surface area (Å²) in [5, 5.41) is 43.8. The Morgan fingerprint density at radius 1 is 0.297 bits per heavy atom. The molecule has 0 saturated carbocycles. The Hall–Kier alpha value is -3.43. The van der Waals surface area contributed by atoms with Crippen LogP contribution in [0.4, 0.5) is 52.7 Å². The Morgan fingerprint density at radius 3 is 0.716 bits per heavy atom. The molecule has 0 aromatic heterocycles. The van der Waals surface area contributed by atoms with Gasteiger partial charge >= 0.3 is 24.7 Å². The van der Waals surface area contributed by atoms with Crippen LogP contribution < -0.4 is 31.8 Å². The van der Waals surface area contributed by atoms with Crippen LogP contribution in [0.25, 0.3) is 32.3 Å². The van der Waals surface area contributed by atoms with Gasteiger partial charge in [-0.15, -0.1) is 0 Å². The molecule has 4 atom stereocenters. The summed E-state index contributed by atoms with van der Waals surface area (Å²) in [5.41, 5.74) is 0. The average Bonchev–Trinajstić information content (AvgIpc) is 3.36. The summed E-state index contributed by atoms with van der Waals surface area (Å²) < 4.78 is 168. The van der Waals surface area contributed by atoms with Crippen LogP contribution in [0, 0.1) is 77.2 Å². The van der Waals surface area contributed by atoms with E-state index in [9.17, 15) is 52.7 Å². The van der Waals surface area contributed by atoms with Gasteiger partial charge in [0.05, 0.1) is 0 Å². The van der Waals surface area contributed by atoms with Gasteiger partial charge in [0.1, 0.15) is 0 Å². The summed E-state index contributed by atoms with van der Waals surface area (Å²) in [5.74, 6) is 0. The maximum absolute atomic E-state index is 15.3. The molecule has 0 heterocycles. The molecule has 8 rings (SSSR count). The van der Waals surface area contributed by atoms with E-state index in [1.807, 2.05) is 133 Å². The minimum Gasteiger partial charge on any atom is -0.384 e. The molecule has 4 unspecified atom stereocenters. The van der Waals surface area contributed by atoms with E-state index in [1.165, 1.54) is 0 Å². The van der Waals surface area contributed by atoms with Crippen LogP contribution in [0.5, 0.6) is 0 Å². The number of hydrogen-bond donors (Lipinski definition) is 4. The largest absolute Gasteiger partial charge is 0.414 e. The van der Waals surface area contributed by atoms with Crippen molar-refractivity contribution < 1.29 is 159 Å². The fourth-order valence-electron chi connectivity index (χ4n) is 7.73. The smallest absolute Gasteiger partial charge is 0.384 e. The van der Waals surface area contributed by atoms with Crippen molar-refractivity contribution in [3.05, 3.63) is 182 Å². The summed E-state index contributed by atoms with van der Waals surface area (Å²) in [6.07, 6.45) is -36.8. The van der Waals surface area contributed by atoms with Gasteiger partial charge in [-0.25, -0.2) is 0 Å². The molecule has 2 radical (unpaired) electrons. The van der Waals surface area contributed by atoms with Gasteiger partial charge in [0.25, 0.3) is 0 Å². The first-order chi connectivity index (χ1) is 33.7. The van der Waals surface area contributed by atoms with E-state index in [-0.39, 0.29) is 77.2 Å². The van der Waals surface area contributed by atoms with Crippen LogP contribution in [0.2, 0.25) is 0 Å². The number of alkyl halides is 12. The Labute approximate surface area is 477 Å². The summed E-state index contributed by atoms with van der Waals surface area (Å²) >= 11 is 0. The summed E-state index contributed by atoms with van der Waals surface area (Å²) in [4.78, 5) is 0. The van der Waals surface area contributed by atoms with Crippen LogP contribution in [-0.4, -0.2) is 69.5 Å². The molecule has 0 aliphatic heterocycles. The van der Waals surface area contributed by atoms with Crippen molar-refractivity contribution in [2.24, 2.45) is 0 Å². The number of fused-ring (bicyclic) bond motifs is 6. The second kappa shape index (κ2) is 25.8. The first-order valence-electron chi connectivity index (χ1n) is 21.5. The predicted molar refractivity (Wildman–Crippen MR) is 255 cm³/mol. The Kier molecular flexibility index (Phi) is 22.0. The zero-order valence-corrected chi connectivity index (χ0v) is 43.8. The molecule has 0 aliphatic carbocycles. The summed E-state index contributed by atoms with van der Waals surface area (Å²) in [7, 11) is -6.31. The van der Waals surface area contributed by atoms with Crippen LogP contribution in [-0.2, 0) is 9.13 Å². The average molecular weight is 1370 g/mol. The third-order valence-corrected chi connectivity index (χ3v) is 17.5. The molecule has 398 valence electrons. The van der Waals surface area contributed by atoms with E-state index in [0.29, 0.717) is 0 Å². The molecule has 4 N–H and O–H groups in total. The van der Waals surface area contributed by atoms with Gasteiger partial charge in [0.15, 0.2) is 38.7 Å². The van der Waals surface area contributed by atoms with E-state index in [2.05, 4.69) is 48.5 Å². The molecule has 8 aromatic carbocycles. The van der Waals surface area contributed by atoms with Crippen molar-refractivity contribution in [2.75, 3.05) is 0 Å². The van der Waals surface area contributed by atoms with Crippen molar-refractivity contribution in [1.82, 2.24) is 0 Å². The standard InChI is InChI=1S/C42H30O2P2.2C5H6F6O2.2Tb/c43-45(31-15-5-1-6-16-31,32-17-7-2-8-18-32)35-25-27-39-40-28-26-36(30-42(40)38-24-14-13-23-37(38)41(39)29-35)46(44,33-19-9-3-10-20-33)34-21-11-4-12-22-34;2*6-4(7,8)2(12)1-3(13)5(9,10)11;;/h1-30H;2*2-3,12-13H,1H2;;. The molecule has 0 bridgehead atoms.